The molecule has 2 heterocycles. The number of nitrogens with zero attached hydrogens (tertiary/aromatic N) is 1. The van der Waals surface area contributed by atoms with E-state index in [-0.39, 0.29) is 0 Å². The maximum Gasteiger partial charge on any atom is 0.0759 e. The van der Waals surface area contributed by atoms with Crippen molar-refractivity contribution < 1.29 is 0 Å². The van der Waals surface area contributed by atoms with E-state index in [1.165, 1.54) is 19.3 Å². The highest BCUT2D eigenvalue weighted by Crippen LogP contribution is 2.26. The highest BCUT2D eigenvalue weighted by atomic mass is 15.5. The fourth-order valence-corrected chi connectivity index (χ4v) is 2.08. The average Bonchev–Trinajstić information content (AvgIpc) is 2.34. The van der Waals surface area contributed by atoms with Crippen LogP contribution in [-0.4, -0.2) is 24.3 Å². The maximum atomic E-state index is 5.76. The van der Waals surface area contributed by atoms with Crippen molar-refractivity contribution in [3.63, 3.8) is 0 Å². The van der Waals surface area contributed by atoms with E-state index < -0.39 is 0 Å². The zero-order chi connectivity index (χ0) is 6.97. The third kappa shape index (κ3) is 0.944. The Morgan fingerprint density at radius 2 is 2.30 bits per heavy atom. The first-order valence-electron chi connectivity index (χ1n) is 4.12. The molecule has 2 unspecified atom stereocenters. The van der Waals surface area contributed by atoms with E-state index in [0.29, 0.717) is 6.17 Å². The lowest BCUT2D eigenvalue weighted by Crippen LogP contribution is -2.50. The second-order valence-electron chi connectivity index (χ2n) is 3.33. The fourth-order valence-electron chi connectivity index (χ4n) is 2.08. The molecule has 2 aliphatic heterocycles. The van der Waals surface area contributed by atoms with Crippen LogP contribution < -0.4 is 11.2 Å². The number of hydrazine groups is 1. The Balaban J connectivity index is 2.01. The van der Waals surface area contributed by atoms with Crippen molar-refractivity contribution in [2.45, 2.75) is 25.4 Å². The number of nitrogens with two attached hydrogens (primary N) is 1. The minimum atomic E-state index is 0.494. The van der Waals surface area contributed by atoms with Crippen LogP contribution >= 0.6 is 0 Å². The van der Waals surface area contributed by atoms with Crippen LogP contribution in [0, 0.1) is 5.92 Å². The monoisotopic (exact) mass is 141 g/mol. The van der Waals surface area contributed by atoms with Gasteiger partial charge in [0.1, 0.15) is 0 Å². The predicted octanol–water partition coefficient (Wildman–Crippen LogP) is -0.109. The Hall–Kier alpha value is -0.120. The van der Waals surface area contributed by atoms with E-state index in [2.05, 4.69) is 5.32 Å². The molecule has 2 fully saturated rings. The van der Waals surface area contributed by atoms with Crippen LogP contribution in [0.4, 0.5) is 0 Å². The highest BCUT2D eigenvalue weighted by molar-refractivity contribution is 4.85. The van der Waals surface area contributed by atoms with E-state index in [9.17, 15) is 0 Å². The molecule has 0 amide bonds. The first kappa shape index (κ1) is 6.58. The normalized spacial score (nSPS) is 41.7. The van der Waals surface area contributed by atoms with Gasteiger partial charge in [-0.25, -0.2) is 5.01 Å². The first-order chi connectivity index (χ1) is 4.88. The van der Waals surface area contributed by atoms with Crippen LogP contribution in [0.3, 0.4) is 0 Å². The number of piperidine rings is 1. The van der Waals surface area contributed by atoms with Gasteiger partial charge in [0.25, 0.3) is 0 Å². The Morgan fingerprint density at radius 1 is 1.40 bits per heavy atom. The molecule has 2 rings (SSSR count). The minimum absolute atomic E-state index is 0.494. The Morgan fingerprint density at radius 3 is 3.10 bits per heavy atom. The molecule has 58 valence electrons. The zero-order valence-electron chi connectivity index (χ0n) is 6.21. The smallest absolute Gasteiger partial charge is 0.0759 e. The summed E-state index contributed by atoms with van der Waals surface area (Å²) < 4.78 is 0. The molecule has 2 aliphatic rings. The molecule has 0 radical (unpaired) electrons. The molecule has 0 aliphatic carbocycles. The molecular weight excluding hydrogens is 126 g/mol. The van der Waals surface area contributed by atoms with Gasteiger partial charge in [-0.3, -0.25) is 5.84 Å². The Bertz CT molecular complexity index is 124. The number of hydrogen-bond acceptors (Lipinski definition) is 3. The van der Waals surface area contributed by atoms with Gasteiger partial charge in [-0.2, -0.15) is 0 Å². The summed E-state index contributed by atoms with van der Waals surface area (Å²) in [6.07, 6.45) is 4.47. The van der Waals surface area contributed by atoms with E-state index >= 15 is 0 Å². The topological polar surface area (TPSA) is 41.3 Å². The highest BCUT2D eigenvalue weighted by Gasteiger charge is 2.33. The number of rotatable bonds is 0. The molecule has 0 aromatic rings. The van der Waals surface area contributed by atoms with Crippen molar-refractivity contribution in [3.8, 4) is 0 Å². The van der Waals surface area contributed by atoms with Crippen LogP contribution in [0.5, 0.6) is 0 Å². The standard InChI is InChI=1S/C7H15N3/c8-10-5-3-6-2-1-4-9-7(6)10/h6-7,9H,1-5,8H2. The van der Waals surface area contributed by atoms with Gasteiger partial charge in [-0.05, 0) is 31.7 Å². The summed E-state index contributed by atoms with van der Waals surface area (Å²) >= 11 is 0. The maximum absolute atomic E-state index is 5.76. The minimum Gasteiger partial charge on any atom is -0.300 e. The molecule has 0 saturated carbocycles. The summed E-state index contributed by atoms with van der Waals surface area (Å²) in [6.45, 7) is 2.22. The molecule has 2 saturated heterocycles. The largest absolute Gasteiger partial charge is 0.300 e. The SMILES string of the molecule is NN1CCC2CCCNC21. The third-order valence-corrected chi connectivity index (χ3v) is 2.67. The van der Waals surface area contributed by atoms with E-state index in [4.69, 9.17) is 5.84 Å². The van der Waals surface area contributed by atoms with Crippen LogP contribution in [0.25, 0.3) is 0 Å². The van der Waals surface area contributed by atoms with Crippen molar-refractivity contribution >= 4 is 0 Å². The summed E-state index contributed by atoms with van der Waals surface area (Å²) in [5, 5.41) is 5.38. The van der Waals surface area contributed by atoms with Gasteiger partial charge < -0.3 is 5.32 Å². The van der Waals surface area contributed by atoms with Gasteiger partial charge in [-0.1, -0.05) is 0 Å². The van der Waals surface area contributed by atoms with Crippen LogP contribution in [0.1, 0.15) is 19.3 Å². The van der Waals surface area contributed by atoms with Crippen molar-refractivity contribution in [2.24, 2.45) is 11.8 Å². The third-order valence-electron chi connectivity index (χ3n) is 2.67. The lowest BCUT2D eigenvalue weighted by molar-refractivity contribution is 0.163. The number of fused-ring (bicyclic) bond motifs is 1. The molecule has 3 nitrogen and oxygen atoms in total. The molecule has 3 N–H and O–H groups in total. The van der Waals surface area contributed by atoms with Gasteiger partial charge in [0, 0.05) is 6.54 Å². The van der Waals surface area contributed by atoms with Gasteiger partial charge in [0.05, 0.1) is 6.17 Å². The van der Waals surface area contributed by atoms with E-state index in [1.54, 1.807) is 0 Å². The Kier molecular flexibility index (Phi) is 1.64. The zero-order valence-corrected chi connectivity index (χ0v) is 6.21. The average molecular weight is 141 g/mol. The van der Waals surface area contributed by atoms with Crippen LogP contribution in [0.2, 0.25) is 0 Å². The first-order valence-corrected chi connectivity index (χ1v) is 4.12. The second kappa shape index (κ2) is 2.49. The lowest BCUT2D eigenvalue weighted by Gasteiger charge is -2.29. The molecule has 0 aromatic carbocycles. The molecule has 0 aromatic heterocycles. The molecule has 10 heavy (non-hydrogen) atoms. The number of nitrogens with one attached hydrogen (secondary N) is 1. The van der Waals surface area contributed by atoms with Crippen LogP contribution in [-0.2, 0) is 0 Å². The van der Waals surface area contributed by atoms with Gasteiger partial charge >= 0.3 is 0 Å². The second-order valence-corrected chi connectivity index (χ2v) is 3.33. The van der Waals surface area contributed by atoms with Crippen LogP contribution in [0.15, 0.2) is 0 Å². The molecule has 0 spiro atoms. The summed E-state index contributed by atoms with van der Waals surface area (Å²) in [5.41, 5.74) is 0. The van der Waals surface area contributed by atoms with Gasteiger partial charge in [0.15, 0.2) is 0 Å². The molecule has 3 heteroatoms. The quantitative estimate of drug-likeness (QED) is 0.463. The molecule has 2 atom stereocenters. The van der Waals surface area contributed by atoms with Crippen molar-refractivity contribution in [1.82, 2.24) is 10.3 Å². The summed E-state index contributed by atoms with van der Waals surface area (Å²) in [5.74, 6) is 6.59. The summed E-state index contributed by atoms with van der Waals surface area (Å²) in [6, 6.07) is 0. The fraction of sp³-hybridized carbons (Fsp3) is 1.00. The van der Waals surface area contributed by atoms with E-state index in [1.807, 2.05) is 5.01 Å². The van der Waals surface area contributed by atoms with Crippen molar-refractivity contribution in [1.29, 1.82) is 0 Å². The van der Waals surface area contributed by atoms with Gasteiger partial charge in [0.2, 0.25) is 0 Å². The summed E-state index contributed by atoms with van der Waals surface area (Å²) in [4.78, 5) is 0. The Labute approximate surface area is 61.5 Å². The number of hydrogen-bond donors (Lipinski definition) is 2. The van der Waals surface area contributed by atoms with Crippen molar-refractivity contribution in [2.75, 3.05) is 13.1 Å². The van der Waals surface area contributed by atoms with Gasteiger partial charge in [-0.15, -0.1) is 0 Å². The summed E-state index contributed by atoms with van der Waals surface area (Å²) in [7, 11) is 0. The molecule has 0 bridgehead atoms. The predicted molar refractivity (Wildman–Crippen MR) is 40.0 cm³/mol. The van der Waals surface area contributed by atoms with Crippen molar-refractivity contribution in [3.05, 3.63) is 0 Å². The van der Waals surface area contributed by atoms with E-state index in [0.717, 1.165) is 19.0 Å². The molecular formula is C7H15N3. The lowest BCUT2D eigenvalue weighted by atomic mass is 9.96.